The molecule has 3 aromatic rings. The van der Waals surface area contributed by atoms with Gasteiger partial charge < -0.3 is 9.64 Å². The third kappa shape index (κ3) is 3.68. The van der Waals surface area contributed by atoms with Crippen LogP contribution in [0.3, 0.4) is 0 Å². The minimum Gasteiger partial charge on any atom is -0.496 e. The van der Waals surface area contributed by atoms with E-state index in [4.69, 9.17) is 21.3 Å². The Morgan fingerprint density at radius 3 is 2.75 bits per heavy atom. The number of amides is 1. The second-order valence-electron chi connectivity index (χ2n) is 7.06. The highest BCUT2D eigenvalue weighted by atomic mass is 35.5. The number of halogens is 1. The summed E-state index contributed by atoms with van der Waals surface area (Å²) in [5.74, 6) is 0.915. The van der Waals surface area contributed by atoms with E-state index in [1.165, 1.54) is 0 Å². The van der Waals surface area contributed by atoms with Crippen LogP contribution in [0, 0.1) is 0 Å². The topological polar surface area (TPSA) is 45.7 Å². The number of carbonyl (C=O) groups is 1. The molecule has 5 nitrogen and oxygen atoms in total. The number of benzene rings is 2. The summed E-state index contributed by atoms with van der Waals surface area (Å²) in [6, 6.07) is 15.7. The maximum atomic E-state index is 12.1. The van der Waals surface area contributed by atoms with Crippen LogP contribution in [0.15, 0.2) is 48.5 Å². The molecule has 1 amide bonds. The quantitative estimate of drug-likeness (QED) is 0.673. The van der Waals surface area contributed by atoms with E-state index in [1.807, 2.05) is 49.5 Å². The Kier molecular flexibility index (Phi) is 5.20. The largest absolute Gasteiger partial charge is 0.496 e. The third-order valence-corrected chi connectivity index (χ3v) is 5.39. The van der Waals surface area contributed by atoms with Crippen molar-refractivity contribution in [2.75, 3.05) is 33.8 Å². The van der Waals surface area contributed by atoms with Crippen molar-refractivity contribution in [3.8, 4) is 17.0 Å². The fraction of sp³-hybridized carbons (Fsp3) is 0.273. The van der Waals surface area contributed by atoms with Gasteiger partial charge in [-0.3, -0.25) is 9.69 Å². The van der Waals surface area contributed by atoms with Crippen LogP contribution >= 0.6 is 11.6 Å². The van der Waals surface area contributed by atoms with Gasteiger partial charge in [0.25, 0.3) is 0 Å². The van der Waals surface area contributed by atoms with E-state index in [2.05, 4.69) is 11.0 Å². The smallest absolute Gasteiger partial charge is 0.236 e. The second-order valence-corrected chi connectivity index (χ2v) is 7.50. The van der Waals surface area contributed by atoms with E-state index in [9.17, 15) is 4.79 Å². The molecule has 6 heteroatoms. The van der Waals surface area contributed by atoms with Crippen LogP contribution in [-0.2, 0) is 11.3 Å². The van der Waals surface area contributed by atoms with Crippen molar-refractivity contribution >= 4 is 28.4 Å². The molecule has 4 rings (SSSR count). The van der Waals surface area contributed by atoms with Gasteiger partial charge in [0.15, 0.2) is 0 Å². The molecule has 0 bridgehead atoms. The number of ether oxygens (including phenoxy) is 1. The van der Waals surface area contributed by atoms with Gasteiger partial charge in [0.1, 0.15) is 5.75 Å². The van der Waals surface area contributed by atoms with Crippen LogP contribution in [0.1, 0.15) is 5.56 Å². The lowest BCUT2D eigenvalue weighted by Crippen LogP contribution is -2.48. The molecule has 0 spiro atoms. The first kappa shape index (κ1) is 18.7. The molecule has 1 aromatic heterocycles. The molecule has 1 aliphatic rings. The number of rotatable bonds is 4. The van der Waals surface area contributed by atoms with E-state index >= 15 is 0 Å². The first-order valence-electron chi connectivity index (χ1n) is 9.24. The van der Waals surface area contributed by atoms with Crippen molar-refractivity contribution in [2.24, 2.45) is 0 Å². The lowest BCUT2D eigenvalue weighted by Gasteiger charge is -2.32. The lowest BCUT2D eigenvalue weighted by molar-refractivity contribution is -0.134. The Labute approximate surface area is 169 Å². The molecule has 0 atom stereocenters. The second kappa shape index (κ2) is 7.78. The number of aromatic nitrogens is 1. The van der Waals surface area contributed by atoms with Crippen molar-refractivity contribution in [1.82, 2.24) is 14.8 Å². The molecule has 1 saturated heterocycles. The van der Waals surface area contributed by atoms with Crippen molar-refractivity contribution in [3.05, 3.63) is 59.1 Å². The maximum Gasteiger partial charge on any atom is 0.236 e. The van der Waals surface area contributed by atoms with E-state index in [0.29, 0.717) is 18.1 Å². The predicted octanol–water partition coefficient (Wildman–Crippen LogP) is 3.84. The minimum absolute atomic E-state index is 0.144. The number of carbonyl (C=O) groups excluding carboxylic acids is 1. The number of hydrogen-bond donors (Lipinski definition) is 0. The Balaban J connectivity index is 1.81. The number of nitrogens with zero attached hydrogens (tertiary/aromatic N) is 3. The van der Waals surface area contributed by atoms with E-state index in [0.717, 1.165) is 46.6 Å². The number of hydrogen-bond acceptors (Lipinski definition) is 4. The summed E-state index contributed by atoms with van der Waals surface area (Å²) in [6.45, 7) is 2.64. The molecule has 144 valence electrons. The number of fused-ring (bicyclic) bond motifs is 1. The first-order chi connectivity index (χ1) is 13.5. The lowest BCUT2D eigenvalue weighted by atomic mass is 10.0. The summed E-state index contributed by atoms with van der Waals surface area (Å²) < 4.78 is 5.57. The number of piperazine rings is 1. The Hall–Kier alpha value is -2.63. The summed E-state index contributed by atoms with van der Waals surface area (Å²) in [4.78, 5) is 21.0. The SMILES string of the molecule is COc1ccccc1-c1nc2cc(Cl)ccc2cc1CN1CCN(C)C(=O)C1. The van der Waals surface area contributed by atoms with Crippen LogP contribution in [-0.4, -0.2) is 54.5 Å². The Morgan fingerprint density at radius 2 is 1.96 bits per heavy atom. The van der Waals surface area contributed by atoms with E-state index in [1.54, 1.807) is 12.0 Å². The van der Waals surface area contributed by atoms with Crippen LogP contribution < -0.4 is 4.74 Å². The van der Waals surface area contributed by atoms with Crippen LogP contribution in [0.25, 0.3) is 22.2 Å². The number of pyridine rings is 1. The van der Waals surface area contributed by atoms with Gasteiger partial charge in [-0.2, -0.15) is 0 Å². The highest BCUT2D eigenvalue weighted by Crippen LogP contribution is 2.34. The normalized spacial score (nSPS) is 15.2. The molecule has 28 heavy (non-hydrogen) atoms. The maximum absolute atomic E-state index is 12.1. The van der Waals surface area contributed by atoms with Gasteiger partial charge in [0, 0.05) is 42.7 Å². The summed E-state index contributed by atoms with van der Waals surface area (Å²) in [6.07, 6.45) is 0. The van der Waals surface area contributed by atoms with E-state index < -0.39 is 0 Å². The van der Waals surface area contributed by atoms with Crippen molar-refractivity contribution in [3.63, 3.8) is 0 Å². The molecule has 0 radical (unpaired) electrons. The number of likely N-dealkylation sites (N-methyl/N-ethyl adjacent to an activating group) is 1. The predicted molar refractivity (Wildman–Crippen MR) is 112 cm³/mol. The summed E-state index contributed by atoms with van der Waals surface area (Å²) in [5.41, 5.74) is 3.70. The van der Waals surface area contributed by atoms with Crippen molar-refractivity contribution < 1.29 is 9.53 Å². The molecule has 0 saturated carbocycles. The fourth-order valence-electron chi connectivity index (χ4n) is 3.56. The van der Waals surface area contributed by atoms with Crippen molar-refractivity contribution in [1.29, 1.82) is 0 Å². The highest BCUT2D eigenvalue weighted by Gasteiger charge is 2.23. The zero-order valence-electron chi connectivity index (χ0n) is 16.0. The van der Waals surface area contributed by atoms with Crippen LogP contribution in [0.5, 0.6) is 5.75 Å². The van der Waals surface area contributed by atoms with Crippen LogP contribution in [0.2, 0.25) is 5.02 Å². The van der Waals surface area contributed by atoms with E-state index in [-0.39, 0.29) is 5.91 Å². The average molecular weight is 396 g/mol. The zero-order chi connectivity index (χ0) is 19.7. The average Bonchev–Trinajstić information content (AvgIpc) is 2.70. The molecule has 1 fully saturated rings. The molecule has 0 N–H and O–H groups in total. The molecule has 1 aliphatic heterocycles. The first-order valence-corrected chi connectivity index (χ1v) is 9.62. The Bertz CT molecular complexity index is 1040. The fourth-order valence-corrected chi connectivity index (χ4v) is 3.73. The van der Waals surface area contributed by atoms with Crippen molar-refractivity contribution in [2.45, 2.75) is 6.54 Å². The molecule has 2 aromatic carbocycles. The molecular formula is C22H22ClN3O2. The summed E-state index contributed by atoms with van der Waals surface area (Å²) in [5, 5.41) is 1.68. The Morgan fingerprint density at radius 1 is 1.14 bits per heavy atom. The summed E-state index contributed by atoms with van der Waals surface area (Å²) >= 11 is 6.19. The van der Waals surface area contributed by atoms with Crippen LogP contribution in [0.4, 0.5) is 0 Å². The van der Waals surface area contributed by atoms with Gasteiger partial charge in [0.2, 0.25) is 5.91 Å². The number of methoxy groups -OCH3 is 1. The molecule has 2 heterocycles. The number of para-hydroxylation sites is 1. The van der Waals surface area contributed by atoms with Gasteiger partial charge in [-0.1, -0.05) is 29.8 Å². The van der Waals surface area contributed by atoms with Gasteiger partial charge >= 0.3 is 0 Å². The standard InChI is InChI=1S/C22H22ClN3O2/c1-25-9-10-26(14-21(25)27)13-16-11-15-7-8-17(23)12-19(15)24-22(16)18-5-3-4-6-20(18)28-2/h3-8,11-12H,9-10,13-14H2,1-2H3. The monoisotopic (exact) mass is 395 g/mol. The zero-order valence-corrected chi connectivity index (χ0v) is 16.7. The molecule has 0 aliphatic carbocycles. The van der Waals surface area contributed by atoms with Gasteiger partial charge in [-0.15, -0.1) is 0 Å². The molecular weight excluding hydrogens is 374 g/mol. The molecule has 0 unspecified atom stereocenters. The third-order valence-electron chi connectivity index (χ3n) is 5.15. The van der Waals surface area contributed by atoms with Gasteiger partial charge in [-0.25, -0.2) is 4.98 Å². The minimum atomic E-state index is 0.144. The van der Waals surface area contributed by atoms with Gasteiger partial charge in [0.05, 0.1) is 24.9 Å². The van der Waals surface area contributed by atoms with Gasteiger partial charge in [-0.05, 0) is 35.9 Å². The summed E-state index contributed by atoms with van der Waals surface area (Å²) in [7, 11) is 3.51. The highest BCUT2D eigenvalue weighted by molar-refractivity contribution is 6.31.